The van der Waals surface area contributed by atoms with Crippen molar-refractivity contribution in [3.05, 3.63) is 29.3 Å². The molecule has 1 fully saturated rings. The van der Waals surface area contributed by atoms with Crippen LogP contribution in [0.1, 0.15) is 50.7 Å². The van der Waals surface area contributed by atoms with Gasteiger partial charge in [0.05, 0.1) is 5.69 Å². The number of rotatable bonds is 5. The Morgan fingerprint density at radius 3 is 2.40 bits per heavy atom. The summed E-state index contributed by atoms with van der Waals surface area (Å²) in [4.78, 5) is 0. The number of thiocarbonyl (C=S) groups is 1. The molecule has 0 amide bonds. The average Bonchev–Trinajstić information content (AvgIpc) is 2.71. The largest absolute Gasteiger partial charge is 0.342 e. The fourth-order valence-electron chi connectivity index (χ4n) is 2.92. The van der Waals surface area contributed by atoms with Gasteiger partial charge in [0, 0.05) is 0 Å². The predicted molar refractivity (Wildman–Crippen MR) is 89.8 cm³/mol. The molecule has 1 aliphatic heterocycles. The number of benzene rings is 1. The first-order valence-corrected chi connectivity index (χ1v) is 7.90. The Bertz CT molecular complexity index is 492. The van der Waals surface area contributed by atoms with Gasteiger partial charge in [0.2, 0.25) is 0 Å². The number of nitrogens with one attached hydrogen (secondary N) is 2. The molecule has 0 saturated carbocycles. The highest BCUT2D eigenvalue weighted by Gasteiger charge is 2.39. The van der Waals surface area contributed by atoms with Crippen LogP contribution < -0.4 is 15.8 Å². The lowest BCUT2D eigenvalue weighted by molar-refractivity contribution is 0.286. The first-order valence-electron chi connectivity index (χ1n) is 7.49. The third-order valence-corrected chi connectivity index (χ3v) is 4.33. The third-order valence-electron chi connectivity index (χ3n) is 4.05. The molecule has 0 aromatic heterocycles. The van der Waals surface area contributed by atoms with Crippen molar-refractivity contribution in [2.45, 2.75) is 59.0 Å². The normalized spacial score (nSPS) is 17.4. The minimum absolute atomic E-state index is 0.0865. The third kappa shape index (κ3) is 2.81. The van der Waals surface area contributed by atoms with Crippen LogP contribution in [0.3, 0.4) is 0 Å². The lowest BCUT2D eigenvalue weighted by Crippen LogP contribution is -2.51. The van der Waals surface area contributed by atoms with E-state index in [1.807, 2.05) is 5.01 Å². The molecule has 1 aromatic rings. The van der Waals surface area contributed by atoms with Crippen molar-refractivity contribution in [1.82, 2.24) is 10.7 Å². The molecule has 0 radical (unpaired) electrons. The van der Waals surface area contributed by atoms with Gasteiger partial charge in [0.15, 0.2) is 5.11 Å². The molecular formula is C16H25N3S. The SMILES string of the molecule is CCCC1(CCC)NC(=S)N(c2cccc(C)c2C)N1. The maximum atomic E-state index is 5.56. The van der Waals surface area contributed by atoms with Gasteiger partial charge in [-0.15, -0.1) is 0 Å². The number of hydrogen-bond acceptors (Lipinski definition) is 2. The Morgan fingerprint density at radius 2 is 1.80 bits per heavy atom. The van der Waals surface area contributed by atoms with E-state index in [1.165, 1.54) is 11.1 Å². The second-order valence-corrected chi connectivity index (χ2v) is 6.07. The van der Waals surface area contributed by atoms with Crippen LogP contribution in [-0.2, 0) is 0 Å². The molecule has 1 saturated heterocycles. The van der Waals surface area contributed by atoms with E-state index in [-0.39, 0.29) is 5.66 Å². The molecular weight excluding hydrogens is 266 g/mol. The number of hydrogen-bond donors (Lipinski definition) is 2. The summed E-state index contributed by atoms with van der Waals surface area (Å²) < 4.78 is 0. The van der Waals surface area contributed by atoms with Gasteiger partial charge in [-0.1, -0.05) is 38.8 Å². The van der Waals surface area contributed by atoms with Crippen LogP contribution in [0.2, 0.25) is 0 Å². The molecule has 0 aliphatic carbocycles. The molecule has 1 aliphatic rings. The summed E-state index contributed by atoms with van der Waals surface area (Å²) in [5.74, 6) is 0. The zero-order valence-corrected chi connectivity index (χ0v) is 13.7. The van der Waals surface area contributed by atoms with Crippen molar-refractivity contribution < 1.29 is 0 Å². The van der Waals surface area contributed by atoms with E-state index in [4.69, 9.17) is 12.2 Å². The van der Waals surface area contributed by atoms with Crippen molar-refractivity contribution in [3.8, 4) is 0 Å². The van der Waals surface area contributed by atoms with Crippen molar-refractivity contribution in [3.63, 3.8) is 0 Å². The van der Waals surface area contributed by atoms with E-state index in [0.29, 0.717) is 0 Å². The second-order valence-electron chi connectivity index (χ2n) is 5.68. The Labute approximate surface area is 127 Å². The van der Waals surface area contributed by atoms with E-state index in [9.17, 15) is 0 Å². The van der Waals surface area contributed by atoms with Crippen LogP contribution in [0.4, 0.5) is 5.69 Å². The lowest BCUT2D eigenvalue weighted by Gasteiger charge is -2.29. The van der Waals surface area contributed by atoms with E-state index in [1.54, 1.807) is 0 Å². The van der Waals surface area contributed by atoms with Crippen LogP contribution in [0.25, 0.3) is 0 Å². The Kier molecular flexibility index (Phi) is 4.66. The molecule has 1 heterocycles. The van der Waals surface area contributed by atoms with Gasteiger partial charge < -0.3 is 5.32 Å². The summed E-state index contributed by atoms with van der Waals surface area (Å²) in [6.07, 6.45) is 4.40. The zero-order chi connectivity index (χ0) is 14.8. The van der Waals surface area contributed by atoms with Gasteiger partial charge in [-0.3, -0.25) is 0 Å². The van der Waals surface area contributed by atoms with Gasteiger partial charge in [-0.25, -0.2) is 10.4 Å². The number of aryl methyl sites for hydroxylation is 1. The van der Waals surface area contributed by atoms with E-state index in [2.05, 4.69) is 56.6 Å². The summed E-state index contributed by atoms with van der Waals surface area (Å²) in [5, 5.41) is 6.33. The van der Waals surface area contributed by atoms with Crippen LogP contribution in [0, 0.1) is 13.8 Å². The summed E-state index contributed by atoms with van der Waals surface area (Å²) in [6.45, 7) is 8.71. The monoisotopic (exact) mass is 291 g/mol. The smallest absolute Gasteiger partial charge is 0.189 e. The summed E-state index contributed by atoms with van der Waals surface area (Å²) >= 11 is 5.56. The fourth-order valence-corrected chi connectivity index (χ4v) is 3.26. The predicted octanol–water partition coefficient (Wildman–Crippen LogP) is 3.80. The van der Waals surface area contributed by atoms with Gasteiger partial charge in [-0.05, 0) is 56.1 Å². The van der Waals surface area contributed by atoms with Crippen LogP contribution in [-0.4, -0.2) is 10.8 Å². The highest BCUT2D eigenvalue weighted by molar-refractivity contribution is 7.80. The Morgan fingerprint density at radius 1 is 1.15 bits per heavy atom. The highest BCUT2D eigenvalue weighted by Crippen LogP contribution is 2.29. The maximum absolute atomic E-state index is 5.56. The average molecular weight is 291 g/mol. The van der Waals surface area contributed by atoms with Crippen LogP contribution in [0.5, 0.6) is 0 Å². The van der Waals surface area contributed by atoms with E-state index < -0.39 is 0 Å². The van der Waals surface area contributed by atoms with Crippen molar-refractivity contribution in [2.24, 2.45) is 0 Å². The molecule has 0 unspecified atom stereocenters. The quantitative estimate of drug-likeness (QED) is 0.807. The summed E-state index contributed by atoms with van der Waals surface area (Å²) in [7, 11) is 0. The molecule has 3 nitrogen and oxygen atoms in total. The van der Waals surface area contributed by atoms with Crippen LogP contribution >= 0.6 is 12.2 Å². The first kappa shape index (κ1) is 15.3. The molecule has 110 valence electrons. The van der Waals surface area contributed by atoms with Crippen LogP contribution in [0.15, 0.2) is 18.2 Å². The topological polar surface area (TPSA) is 27.3 Å². The van der Waals surface area contributed by atoms with Gasteiger partial charge >= 0.3 is 0 Å². The van der Waals surface area contributed by atoms with Gasteiger partial charge in [0.1, 0.15) is 5.66 Å². The Balaban J connectivity index is 2.30. The fraction of sp³-hybridized carbons (Fsp3) is 0.562. The molecule has 0 bridgehead atoms. The van der Waals surface area contributed by atoms with Crippen molar-refractivity contribution in [2.75, 3.05) is 5.01 Å². The standard InChI is InChI=1S/C16H25N3S/c1-5-10-16(11-6-2)17-15(20)19(18-16)14-9-7-8-12(3)13(14)4/h7-9,18H,5-6,10-11H2,1-4H3,(H,17,20). The minimum atomic E-state index is -0.0865. The van der Waals surface area contributed by atoms with Crippen molar-refractivity contribution in [1.29, 1.82) is 0 Å². The summed E-state index contributed by atoms with van der Waals surface area (Å²) in [5.41, 5.74) is 7.24. The molecule has 2 rings (SSSR count). The first-order chi connectivity index (χ1) is 9.53. The van der Waals surface area contributed by atoms with Crippen molar-refractivity contribution >= 4 is 23.0 Å². The number of anilines is 1. The Hall–Kier alpha value is -1.13. The molecule has 1 aromatic carbocycles. The highest BCUT2D eigenvalue weighted by atomic mass is 32.1. The van der Waals surface area contributed by atoms with E-state index in [0.717, 1.165) is 36.5 Å². The number of nitrogens with zero attached hydrogens (tertiary/aromatic N) is 1. The second kappa shape index (κ2) is 6.10. The molecule has 2 N–H and O–H groups in total. The molecule has 0 spiro atoms. The summed E-state index contributed by atoms with van der Waals surface area (Å²) in [6, 6.07) is 6.34. The van der Waals surface area contributed by atoms with Gasteiger partial charge in [0.25, 0.3) is 0 Å². The van der Waals surface area contributed by atoms with Gasteiger partial charge in [-0.2, -0.15) is 0 Å². The zero-order valence-electron chi connectivity index (χ0n) is 12.9. The lowest BCUT2D eigenvalue weighted by atomic mass is 10.00. The molecule has 20 heavy (non-hydrogen) atoms. The maximum Gasteiger partial charge on any atom is 0.189 e. The molecule has 0 atom stereocenters. The van der Waals surface area contributed by atoms with E-state index >= 15 is 0 Å². The molecule has 4 heteroatoms. The minimum Gasteiger partial charge on any atom is -0.342 e. The number of hydrazine groups is 1.